The van der Waals surface area contributed by atoms with Gasteiger partial charge in [-0.25, -0.2) is 4.79 Å². The van der Waals surface area contributed by atoms with Gasteiger partial charge in [-0.3, -0.25) is 9.05 Å². The first kappa shape index (κ1) is 14.1. The average molecular weight is 234 g/mol. The van der Waals surface area contributed by atoms with Crippen molar-refractivity contribution in [3.8, 4) is 0 Å². The van der Waals surface area contributed by atoms with Gasteiger partial charge in [-0.15, -0.1) is 0 Å². The molecule has 0 aliphatic rings. The lowest BCUT2D eigenvalue weighted by Gasteiger charge is -2.19. The third kappa shape index (κ3) is 6.22. The van der Waals surface area contributed by atoms with Crippen molar-refractivity contribution in [2.75, 3.05) is 19.1 Å². The summed E-state index contributed by atoms with van der Waals surface area (Å²) >= 11 is 0. The summed E-state index contributed by atoms with van der Waals surface area (Å²) in [5, 5.41) is 6.00. The second-order valence-electron chi connectivity index (χ2n) is 4.13. The van der Waals surface area contributed by atoms with Crippen molar-refractivity contribution in [1.82, 2.24) is 5.32 Å². The Morgan fingerprint density at radius 1 is 1.47 bits per heavy atom. The summed E-state index contributed by atoms with van der Waals surface area (Å²) in [6.07, 6.45) is 0.958. The monoisotopic (exact) mass is 234 g/mol. The smallest absolute Gasteiger partial charge is 0.323 e. The Bertz CT molecular complexity index is 282. The number of carbonyl (C=O) groups is 1. The van der Waals surface area contributed by atoms with Gasteiger partial charge in [0, 0.05) is 29.5 Å². The van der Waals surface area contributed by atoms with E-state index in [4.69, 9.17) is 0 Å². The average Bonchev–Trinajstić information content (AvgIpc) is 2.09. The van der Waals surface area contributed by atoms with Gasteiger partial charge in [0.2, 0.25) is 0 Å². The van der Waals surface area contributed by atoms with Crippen LogP contribution in [0.4, 0.5) is 4.79 Å². The molecule has 15 heavy (non-hydrogen) atoms. The van der Waals surface area contributed by atoms with E-state index in [9.17, 15) is 9.00 Å². The van der Waals surface area contributed by atoms with E-state index in [1.807, 2.05) is 20.8 Å². The third-order valence-corrected chi connectivity index (χ3v) is 2.33. The summed E-state index contributed by atoms with van der Waals surface area (Å²) in [7, 11) is 0.450. The molecule has 0 saturated heterocycles. The van der Waals surface area contributed by atoms with Crippen LogP contribution >= 0.6 is 0 Å². The van der Waals surface area contributed by atoms with E-state index < -0.39 is 16.9 Å². The predicted octanol–water partition coefficient (Wildman–Crippen LogP) is 1.12. The molecule has 0 bridgehead atoms. The fourth-order valence-electron chi connectivity index (χ4n) is 0.715. The fourth-order valence-corrected chi connectivity index (χ4v) is 1.59. The van der Waals surface area contributed by atoms with E-state index in [0.717, 1.165) is 0 Å². The Labute approximate surface area is 92.7 Å². The lowest BCUT2D eigenvalue weighted by atomic mass is 9.91. The maximum atomic E-state index is 11.1. The molecule has 88 valence electrons. The predicted molar refractivity (Wildman–Crippen MR) is 61.4 cm³/mol. The number of nitrogens with zero attached hydrogens (tertiary/aromatic N) is 1. The highest BCUT2D eigenvalue weighted by atomic mass is 32.2. The molecule has 6 heteroatoms. The molecule has 0 unspecified atom stereocenters. The van der Waals surface area contributed by atoms with Crippen LogP contribution in [0.5, 0.6) is 0 Å². The highest BCUT2D eigenvalue weighted by molar-refractivity contribution is 7.85. The molecule has 0 aromatic carbocycles. The highest BCUT2D eigenvalue weighted by Crippen LogP contribution is 2.17. The van der Waals surface area contributed by atoms with E-state index >= 15 is 0 Å². The number of rotatable bonds is 3. The van der Waals surface area contributed by atoms with Gasteiger partial charge in [0.15, 0.2) is 0 Å². The summed E-state index contributed by atoms with van der Waals surface area (Å²) in [4.78, 5) is 15.4. The molecule has 0 aromatic rings. The maximum Gasteiger partial charge on any atom is 0.433 e. The zero-order chi connectivity index (χ0) is 12.1. The van der Waals surface area contributed by atoms with Crippen LogP contribution < -0.4 is 5.32 Å². The first-order valence-corrected chi connectivity index (χ1v) is 6.26. The fraction of sp³-hybridized carbons (Fsp3) is 0.778. The van der Waals surface area contributed by atoms with Crippen LogP contribution in [-0.4, -0.2) is 35.1 Å². The van der Waals surface area contributed by atoms with Crippen molar-refractivity contribution >= 4 is 22.6 Å². The summed E-state index contributed by atoms with van der Waals surface area (Å²) in [5.74, 6) is 0.306. The normalized spacial score (nSPS) is 14.6. The van der Waals surface area contributed by atoms with Crippen molar-refractivity contribution in [2.24, 2.45) is 10.6 Å². The minimum Gasteiger partial charge on any atom is -0.323 e. The number of hydrogen-bond donors (Lipinski definition) is 1. The van der Waals surface area contributed by atoms with Crippen LogP contribution in [0.3, 0.4) is 0 Å². The molecule has 1 N–H and O–H groups in total. The van der Waals surface area contributed by atoms with Gasteiger partial charge in [0.05, 0.1) is 11.5 Å². The van der Waals surface area contributed by atoms with Crippen LogP contribution in [-0.2, 0) is 15.6 Å². The first-order valence-electron chi connectivity index (χ1n) is 4.53. The molecule has 1 atom stereocenters. The number of carbonyl (C=O) groups excluding carboxylic acids is 1. The largest absolute Gasteiger partial charge is 0.433 e. The molecule has 0 heterocycles. The quantitative estimate of drug-likeness (QED) is 0.452. The highest BCUT2D eigenvalue weighted by Gasteiger charge is 2.21. The van der Waals surface area contributed by atoms with Gasteiger partial charge in [0.25, 0.3) is 0 Å². The van der Waals surface area contributed by atoms with Gasteiger partial charge >= 0.3 is 6.09 Å². The van der Waals surface area contributed by atoms with Crippen LogP contribution in [0.1, 0.15) is 20.8 Å². The van der Waals surface area contributed by atoms with E-state index in [0.29, 0.717) is 11.5 Å². The first-order chi connectivity index (χ1) is 6.77. The lowest BCUT2D eigenvalue weighted by molar-refractivity contribution is 0.152. The SMILES string of the molecule is CNC(=O)O/N=C(\C[S@](C)=O)C(C)(C)C. The zero-order valence-electron chi connectivity index (χ0n) is 9.79. The molecule has 0 rings (SSSR count). The molecule has 0 radical (unpaired) electrons. The van der Waals surface area contributed by atoms with Crippen molar-refractivity contribution < 1.29 is 13.8 Å². The van der Waals surface area contributed by atoms with Crippen LogP contribution in [0.15, 0.2) is 5.16 Å². The number of oxime groups is 1. The number of amides is 1. The Balaban J connectivity index is 4.63. The number of nitrogens with one attached hydrogen (secondary N) is 1. The van der Waals surface area contributed by atoms with E-state index in [1.165, 1.54) is 7.05 Å². The Morgan fingerprint density at radius 2 is 2.00 bits per heavy atom. The summed E-state index contributed by atoms with van der Waals surface area (Å²) < 4.78 is 11.1. The molecule has 0 fully saturated rings. The van der Waals surface area contributed by atoms with Gasteiger partial charge in [-0.05, 0) is 0 Å². The molecular weight excluding hydrogens is 216 g/mol. The van der Waals surface area contributed by atoms with Gasteiger partial charge in [0.1, 0.15) is 0 Å². The summed E-state index contributed by atoms with van der Waals surface area (Å²) in [6, 6.07) is 0. The summed E-state index contributed by atoms with van der Waals surface area (Å²) in [5.41, 5.74) is 0.339. The van der Waals surface area contributed by atoms with E-state index in [-0.39, 0.29) is 5.41 Å². The molecule has 0 aromatic heterocycles. The molecule has 5 nitrogen and oxygen atoms in total. The Hall–Kier alpha value is -0.910. The maximum absolute atomic E-state index is 11.1. The van der Waals surface area contributed by atoms with Crippen molar-refractivity contribution in [1.29, 1.82) is 0 Å². The van der Waals surface area contributed by atoms with Crippen molar-refractivity contribution in [2.45, 2.75) is 20.8 Å². The zero-order valence-corrected chi connectivity index (χ0v) is 10.6. The third-order valence-electron chi connectivity index (χ3n) is 1.65. The molecular formula is C9H18N2O3S. The van der Waals surface area contributed by atoms with E-state index in [1.54, 1.807) is 6.26 Å². The van der Waals surface area contributed by atoms with Gasteiger partial charge < -0.3 is 5.32 Å². The molecule has 0 saturated carbocycles. The summed E-state index contributed by atoms with van der Waals surface area (Å²) in [6.45, 7) is 5.77. The minimum absolute atomic E-state index is 0.264. The van der Waals surface area contributed by atoms with Crippen molar-refractivity contribution in [3.05, 3.63) is 0 Å². The van der Waals surface area contributed by atoms with Crippen molar-refractivity contribution in [3.63, 3.8) is 0 Å². The standard InChI is InChI=1S/C9H18N2O3S/c1-9(2,3)7(6-15(5)13)11-14-8(12)10-4/h6H2,1-5H3,(H,10,12)/b11-7+/t15-/m0/s1. The molecule has 1 amide bonds. The van der Waals surface area contributed by atoms with Gasteiger partial charge in [-0.2, -0.15) is 0 Å². The Kier molecular flexibility index (Phi) is 5.49. The second kappa shape index (κ2) is 5.85. The van der Waals surface area contributed by atoms with Crippen LogP contribution in [0, 0.1) is 5.41 Å². The molecule has 0 spiro atoms. The Morgan fingerprint density at radius 3 is 2.33 bits per heavy atom. The topological polar surface area (TPSA) is 67.8 Å². The number of hydrogen-bond acceptors (Lipinski definition) is 4. The lowest BCUT2D eigenvalue weighted by Crippen LogP contribution is -2.27. The van der Waals surface area contributed by atoms with Crippen LogP contribution in [0.25, 0.3) is 0 Å². The van der Waals surface area contributed by atoms with Gasteiger partial charge in [-0.1, -0.05) is 25.9 Å². The van der Waals surface area contributed by atoms with Crippen LogP contribution in [0.2, 0.25) is 0 Å². The molecule has 0 aliphatic heterocycles. The molecule has 0 aliphatic carbocycles. The van der Waals surface area contributed by atoms with E-state index in [2.05, 4.69) is 15.3 Å². The second-order valence-corrected chi connectivity index (χ2v) is 5.57. The minimum atomic E-state index is -1.00.